The van der Waals surface area contributed by atoms with Crippen LogP contribution in [0.3, 0.4) is 0 Å². The standard InChI is InChI=1S/C20H16O3/c21-18-10-11-20(23-18)13-15(12-14-6-2-1-3-7-14)16-8-4-5-9-17(16)19(20)22/h1-9,13H,10-12H2/t20-/m1/s1. The Balaban J connectivity index is 1.82. The van der Waals surface area contributed by atoms with Gasteiger partial charge in [0.25, 0.3) is 0 Å². The largest absolute Gasteiger partial charge is 0.446 e. The number of benzene rings is 2. The molecule has 23 heavy (non-hydrogen) atoms. The molecule has 3 heteroatoms. The van der Waals surface area contributed by atoms with Crippen molar-refractivity contribution in [3.63, 3.8) is 0 Å². The lowest BCUT2D eigenvalue weighted by Gasteiger charge is -2.30. The van der Waals surface area contributed by atoms with Crippen molar-refractivity contribution in [2.45, 2.75) is 24.9 Å². The number of allylic oxidation sites excluding steroid dienone is 1. The van der Waals surface area contributed by atoms with E-state index >= 15 is 0 Å². The summed E-state index contributed by atoms with van der Waals surface area (Å²) in [6, 6.07) is 17.7. The summed E-state index contributed by atoms with van der Waals surface area (Å²) in [5.74, 6) is -0.399. The molecule has 0 saturated carbocycles. The van der Waals surface area contributed by atoms with Gasteiger partial charge < -0.3 is 4.74 Å². The first-order valence-electron chi connectivity index (χ1n) is 7.80. The number of Topliss-reactive ketones (excluding diaryl/α,β-unsaturated/α-hetero) is 1. The number of esters is 1. The van der Waals surface area contributed by atoms with Gasteiger partial charge in [0.1, 0.15) is 0 Å². The Morgan fingerprint density at radius 2 is 1.61 bits per heavy atom. The molecule has 2 aliphatic rings. The van der Waals surface area contributed by atoms with E-state index in [0.29, 0.717) is 24.8 Å². The van der Waals surface area contributed by atoms with Gasteiger partial charge in [-0.3, -0.25) is 9.59 Å². The summed E-state index contributed by atoms with van der Waals surface area (Å²) in [6.45, 7) is 0. The van der Waals surface area contributed by atoms with Gasteiger partial charge in [-0.1, -0.05) is 54.6 Å². The highest BCUT2D eigenvalue weighted by atomic mass is 16.6. The lowest BCUT2D eigenvalue weighted by molar-refractivity contribution is -0.143. The second-order valence-electron chi connectivity index (χ2n) is 6.07. The van der Waals surface area contributed by atoms with Crippen LogP contribution < -0.4 is 0 Å². The van der Waals surface area contributed by atoms with E-state index in [1.807, 2.05) is 48.5 Å². The minimum absolute atomic E-state index is 0.101. The van der Waals surface area contributed by atoms with E-state index in [-0.39, 0.29) is 11.8 Å². The van der Waals surface area contributed by atoms with Crippen molar-refractivity contribution in [2.75, 3.05) is 0 Å². The fourth-order valence-electron chi connectivity index (χ4n) is 3.43. The van der Waals surface area contributed by atoms with Gasteiger partial charge in [-0.25, -0.2) is 0 Å². The number of hydrogen-bond acceptors (Lipinski definition) is 3. The molecule has 1 saturated heterocycles. The zero-order valence-corrected chi connectivity index (χ0v) is 12.6. The van der Waals surface area contributed by atoms with Gasteiger partial charge in [0.15, 0.2) is 5.60 Å². The van der Waals surface area contributed by atoms with E-state index in [1.54, 1.807) is 0 Å². The van der Waals surface area contributed by atoms with Crippen molar-refractivity contribution in [3.05, 3.63) is 77.4 Å². The van der Waals surface area contributed by atoms with Gasteiger partial charge in [0, 0.05) is 12.0 Å². The fourth-order valence-corrected chi connectivity index (χ4v) is 3.43. The molecule has 2 aromatic carbocycles. The van der Waals surface area contributed by atoms with E-state index in [2.05, 4.69) is 12.1 Å². The minimum Gasteiger partial charge on any atom is -0.446 e. The maximum Gasteiger partial charge on any atom is 0.307 e. The molecule has 0 N–H and O–H groups in total. The maximum atomic E-state index is 12.9. The van der Waals surface area contributed by atoms with Gasteiger partial charge in [-0.05, 0) is 29.2 Å². The summed E-state index contributed by atoms with van der Waals surface area (Å²) in [5, 5.41) is 0. The minimum atomic E-state index is -1.10. The van der Waals surface area contributed by atoms with E-state index in [9.17, 15) is 9.59 Å². The predicted octanol–water partition coefficient (Wildman–Crippen LogP) is 3.58. The highest BCUT2D eigenvalue weighted by Crippen LogP contribution is 2.40. The number of carbonyl (C=O) groups is 2. The van der Waals surface area contributed by atoms with Crippen LogP contribution in [0, 0.1) is 0 Å². The molecule has 1 aliphatic carbocycles. The zero-order chi connectivity index (χ0) is 15.9. The molecule has 4 rings (SSSR count). The average Bonchev–Trinajstić information content (AvgIpc) is 2.95. The second-order valence-corrected chi connectivity index (χ2v) is 6.07. The first kappa shape index (κ1) is 13.9. The Hall–Kier alpha value is -2.68. The molecular formula is C20H16O3. The molecule has 0 bridgehead atoms. The van der Waals surface area contributed by atoms with E-state index in [4.69, 9.17) is 4.74 Å². The zero-order valence-electron chi connectivity index (χ0n) is 12.6. The third kappa shape index (κ3) is 2.29. The molecule has 1 atom stereocenters. The highest BCUT2D eigenvalue weighted by Gasteiger charge is 2.48. The first-order valence-corrected chi connectivity index (χ1v) is 7.80. The third-order valence-corrected chi connectivity index (χ3v) is 4.54. The van der Waals surface area contributed by atoms with Crippen molar-refractivity contribution < 1.29 is 14.3 Å². The molecule has 114 valence electrons. The van der Waals surface area contributed by atoms with Gasteiger partial charge in [0.05, 0.1) is 6.42 Å². The Kier molecular flexibility index (Phi) is 3.15. The Bertz CT molecular complexity index is 820. The summed E-state index contributed by atoms with van der Waals surface area (Å²) in [7, 11) is 0. The number of fused-ring (bicyclic) bond motifs is 1. The van der Waals surface area contributed by atoms with Crippen LogP contribution in [-0.2, 0) is 16.0 Å². The Morgan fingerprint density at radius 1 is 0.913 bits per heavy atom. The molecule has 1 aliphatic heterocycles. The van der Waals surface area contributed by atoms with Crippen LogP contribution in [0.15, 0.2) is 60.7 Å². The molecule has 3 nitrogen and oxygen atoms in total. The number of hydrogen-bond donors (Lipinski definition) is 0. The summed E-state index contributed by atoms with van der Waals surface area (Å²) >= 11 is 0. The smallest absolute Gasteiger partial charge is 0.307 e. The normalized spacial score (nSPS) is 22.7. The van der Waals surface area contributed by atoms with Crippen LogP contribution in [-0.4, -0.2) is 17.4 Å². The third-order valence-electron chi connectivity index (χ3n) is 4.54. The van der Waals surface area contributed by atoms with E-state index in [1.165, 1.54) is 5.56 Å². The fraction of sp³-hybridized carbons (Fsp3) is 0.200. The van der Waals surface area contributed by atoms with Crippen molar-refractivity contribution in [3.8, 4) is 0 Å². The van der Waals surface area contributed by atoms with Gasteiger partial charge >= 0.3 is 5.97 Å². The molecule has 0 amide bonds. The van der Waals surface area contributed by atoms with Crippen molar-refractivity contribution in [1.82, 2.24) is 0 Å². The number of rotatable bonds is 2. The summed E-state index contributed by atoms with van der Waals surface area (Å²) < 4.78 is 5.46. The second kappa shape index (κ2) is 5.20. The molecule has 1 heterocycles. The van der Waals surface area contributed by atoms with Gasteiger partial charge in [-0.15, -0.1) is 0 Å². The van der Waals surface area contributed by atoms with Crippen molar-refractivity contribution in [2.24, 2.45) is 0 Å². The van der Waals surface area contributed by atoms with Crippen molar-refractivity contribution in [1.29, 1.82) is 0 Å². The van der Waals surface area contributed by atoms with Crippen LogP contribution in [0.4, 0.5) is 0 Å². The molecule has 1 spiro atoms. The molecular weight excluding hydrogens is 288 g/mol. The Labute approximate surface area is 134 Å². The lowest BCUT2D eigenvalue weighted by Crippen LogP contribution is -2.39. The molecule has 0 aromatic heterocycles. The molecule has 2 aromatic rings. The molecule has 0 radical (unpaired) electrons. The summed E-state index contributed by atoms with van der Waals surface area (Å²) in [4.78, 5) is 24.5. The topological polar surface area (TPSA) is 43.4 Å². The lowest BCUT2D eigenvalue weighted by atomic mass is 9.77. The highest BCUT2D eigenvalue weighted by molar-refractivity contribution is 6.12. The predicted molar refractivity (Wildman–Crippen MR) is 87.0 cm³/mol. The molecule has 1 fully saturated rings. The van der Waals surface area contributed by atoms with Gasteiger partial charge in [-0.2, -0.15) is 0 Å². The van der Waals surface area contributed by atoms with Crippen LogP contribution in [0.25, 0.3) is 5.57 Å². The number of ketones is 1. The first-order chi connectivity index (χ1) is 11.2. The summed E-state index contributed by atoms with van der Waals surface area (Å²) in [5.41, 5.74) is 2.70. The number of ether oxygens (including phenoxy) is 1. The molecule has 0 unspecified atom stereocenters. The number of carbonyl (C=O) groups excluding carboxylic acids is 2. The van der Waals surface area contributed by atoms with Crippen LogP contribution in [0.5, 0.6) is 0 Å². The quantitative estimate of drug-likeness (QED) is 0.796. The van der Waals surface area contributed by atoms with Crippen LogP contribution in [0.2, 0.25) is 0 Å². The van der Waals surface area contributed by atoms with Crippen LogP contribution >= 0.6 is 0 Å². The van der Waals surface area contributed by atoms with Crippen molar-refractivity contribution >= 4 is 17.3 Å². The van der Waals surface area contributed by atoms with Gasteiger partial charge in [0.2, 0.25) is 5.78 Å². The van der Waals surface area contributed by atoms with Crippen LogP contribution in [0.1, 0.15) is 34.3 Å². The van der Waals surface area contributed by atoms with E-state index < -0.39 is 5.60 Å². The average molecular weight is 304 g/mol. The monoisotopic (exact) mass is 304 g/mol. The maximum absolute atomic E-state index is 12.9. The summed E-state index contributed by atoms with van der Waals surface area (Å²) in [6.07, 6.45) is 3.31. The Morgan fingerprint density at radius 3 is 2.30 bits per heavy atom. The SMILES string of the molecule is O=C1CC[C@]2(C=C(Cc3ccccc3)c3ccccc3C2=O)O1. The van der Waals surface area contributed by atoms with E-state index in [0.717, 1.165) is 11.1 Å².